The Hall–Kier alpha value is -2.60. The molecule has 1 saturated heterocycles. The molecule has 0 N–H and O–H groups in total. The van der Waals surface area contributed by atoms with Crippen LogP contribution in [0.25, 0.3) is 0 Å². The normalized spacial score (nSPS) is 21.3. The Balaban J connectivity index is 1.14. The van der Waals surface area contributed by atoms with Gasteiger partial charge in [-0.25, -0.2) is 4.39 Å². The molecule has 5 rings (SSSR count). The fraction of sp³-hybridized carbons (Fsp3) is 0.458. The highest BCUT2D eigenvalue weighted by Gasteiger charge is 2.36. The summed E-state index contributed by atoms with van der Waals surface area (Å²) >= 11 is 0. The molecule has 1 atom stereocenters. The van der Waals surface area contributed by atoms with Crippen LogP contribution in [-0.2, 0) is 6.54 Å². The van der Waals surface area contributed by atoms with Gasteiger partial charge >= 0.3 is 0 Å². The zero-order valence-electron chi connectivity index (χ0n) is 17.3. The van der Waals surface area contributed by atoms with Crippen LogP contribution in [0, 0.1) is 11.7 Å². The van der Waals surface area contributed by atoms with Crippen LogP contribution in [-0.4, -0.2) is 42.1 Å². The monoisotopic (exact) mass is 410 g/mol. The molecule has 0 aliphatic carbocycles. The highest BCUT2D eigenvalue weighted by molar-refractivity contribution is 6.00. The van der Waals surface area contributed by atoms with Crippen molar-refractivity contribution in [3.8, 4) is 11.5 Å². The van der Waals surface area contributed by atoms with E-state index in [1.807, 2.05) is 29.2 Å². The van der Waals surface area contributed by atoms with Gasteiger partial charge in [0.2, 0.25) is 6.79 Å². The van der Waals surface area contributed by atoms with E-state index in [0.29, 0.717) is 11.7 Å². The molecule has 3 aliphatic heterocycles. The minimum atomic E-state index is -0.185. The van der Waals surface area contributed by atoms with Crippen molar-refractivity contribution in [2.24, 2.45) is 5.92 Å². The van der Waals surface area contributed by atoms with Crippen molar-refractivity contribution in [3.05, 3.63) is 58.9 Å². The molecule has 5 nitrogen and oxygen atoms in total. The van der Waals surface area contributed by atoms with E-state index in [0.717, 1.165) is 67.9 Å². The van der Waals surface area contributed by atoms with Crippen molar-refractivity contribution >= 4 is 5.91 Å². The van der Waals surface area contributed by atoms with Gasteiger partial charge in [-0.05, 0) is 80.6 Å². The Morgan fingerprint density at radius 3 is 2.50 bits per heavy atom. The predicted octanol–water partition coefficient (Wildman–Crippen LogP) is 4.37. The lowest BCUT2D eigenvalue weighted by Gasteiger charge is -2.33. The molecule has 6 heteroatoms. The molecule has 3 heterocycles. The van der Waals surface area contributed by atoms with Crippen LogP contribution in [0.2, 0.25) is 0 Å². The topological polar surface area (TPSA) is 42.0 Å². The van der Waals surface area contributed by atoms with Gasteiger partial charge in [0.05, 0.1) is 6.04 Å². The van der Waals surface area contributed by atoms with E-state index in [-0.39, 0.29) is 24.6 Å². The second kappa shape index (κ2) is 7.91. The van der Waals surface area contributed by atoms with Crippen molar-refractivity contribution in [3.63, 3.8) is 0 Å². The Morgan fingerprint density at radius 1 is 1.07 bits per heavy atom. The molecular formula is C24H27FN2O3. The first-order valence-electron chi connectivity index (χ1n) is 10.8. The molecule has 2 aromatic rings. The second-order valence-corrected chi connectivity index (χ2v) is 8.60. The lowest BCUT2D eigenvalue weighted by atomic mass is 9.93. The van der Waals surface area contributed by atoms with Crippen molar-refractivity contribution in [2.45, 2.75) is 38.8 Å². The van der Waals surface area contributed by atoms with Gasteiger partial charge in [-0.2, -0.15) is 0 Å². The number of carbonyl (C=O) groups excluding carboxylic acids is 1. The summed E-state index contributed by atoms with van der Waals surface area (Å²) in [6.45, 7) is 6.07. The number of benzene rings is 2. The Morgan fingerprint density at radius 2 is 1.77 bits per heavy atom. The number of likely N-dealkylation sites (tertiary alicyclic amines) is 1. The molecule has 3 aliphatic rings. The van der Waals surface area contributed by atoms with Gasteiger partial charge in [0.1, 0.15) is 5.82 Å². The number of piperidine rings is 1. The van der Waals surface area contributed by atoms with Crippen molar-refractivity contribution in [1.82, 2.24) is 9.80 Å². The largest absolute Gasteiger partial charge is 0.454 e. The van der Waals surface area contributed by atoms with Gasteiger partial charge in [0, 0.05) is 18.7 Å². The molecule has 0 bridgehead atoms. The molecular weight excluding hydrogens is 383 g/mol. The van der Waals surface area contributed by atoms with Crippen LogP contribution < -0.4 is 9.47 Å². The average molecular weight is 410 g/mol. The van der Waals surface area contributed by atoms with Crippen LogP contribution in [0.15, 0.2) is 36.4 Å². The van der Waals surface area contributed by atoms with Gasteiger partial charge in [0.25, 0.3) is 5.91 Å². The summed E-state index contributed by atoms with van der Waals surface area (Å²) in [6, 6.07) is 10.7. The quantitative estimate of drug-likeness (QED) is 0.734. The van der Waals surface area contributed by atoms with Gasteiger partial charge in [0.15, 0.2) is 11.5 Å². The maximum Gasteiger partial charge on any atom is 0.254 e. The minimum absolute atomic E-state index is 0.0700. The maximum atomic E-state index is 13.1. The van der Waals surface area contributed by atoms with Crippen LogP contribution in [0.4, 0.5) is 4.39 Å². The number of hydrogen-bond donors (Lipinski definition) is 0. The lowest BCUT2D eigenvalue weighted by molar-refractivity contribution is 0.0712. The Bertz CT molecular complexity index is 938. The molecule has 0 aromatic heterocycles. The van der Waals surface area contributed by atoms with Gasteiger partial charge in [-0.3, -0.25) is 9.69 Å². The first-order valence-corrected chi connectivity index (χ1v) is 10.8. The summed E-state index contributed by atoms with van der Waals surface area (Å²) in [5.74, 6) is 1.96. The summed E-state index contributed by atoms with van der Waals surface area (Å²) in [7, 11) is 0. The van der Waals surface area contributed by atoms with Crippen LogP contribution in [0.1, 0.15) is 53.7 Å². The minimum Gasteiger partial charge on any atom is -0.454 e. The molecule has 1 amide bonds. The standard InChI is InChI=1S/C24H27FN2O3/c1-16-20-12-22-23(30-15-29-22)13-21(20)24(28)27(16)11-8-17-6-9-26(10-7-17)14-18-2-4-19(25)5-3-18/h2-5,12-13,16-17H,6-11,14-15H2,1H3. The SMILES string of the molecule is CC1c2cc3c(cc2C(=O)N1CCC1CCN(Cc2ccc(F)cc2)CC1)OCO3. The van der Waals surface area contributed by atoms with E-state index in [2.05, 4.69) is 11.8 Å². The third kappa shape index (κ3) is 3.65. The highest BCUT2D eigenvalue weighted by Crippen LogP contribution is 2.42. The number of hydrogen-bond acceptors (Lipinski definition) is 4. The van der Waals surface area contributed by atoms with Gasteiger partial charge < -0.3 is 14.4 Å². The summed E-state index contributed by atoms with van der Waals surface area (Å²) in [6.07, 6.45) is 3.31. The van der Waals surface area contributed by atoms with Crippen molar-refractivity contribution in [1.29, 1.82) is 0 Å². The van der Waals surface area contributed by atoms with Gasteiger partial charge in [-0.1, -0.05) is 12.1 Å². The summed E-state index contributed by atoms with van der Waals surface area (Å²) in [5, 5.41) is 0. The number of fused-ring (bicyclic) bond motifs is 2. The smallest absolute Gasteiger partial charge is 0.254 e. The van der Waals surface area contributed by atoms with E-state index in [1.54, 1.807) is 0 Å². The molecule has 0 radical (unpaired) electrons. The van der Waals surface area contributed by atoms with E-state index >= 15 is 0 Å². The maximum absolute atomic E-state index is 13.1. The molecule has 1 fully saturated rings. The predicted molar refractivity (Wildman–Crippen MR) is 111 cm³/mol. The third-order valence-electron chi connectivity index (χ3n) is 6.76. The molecule has 2 aromatic carbocycles. The second-order valence-electron chi connectivity index (χ2n) is 8.60. The first-order chi connectivity index (χ1) is 14.6. The zero-order valence-corrected chi connectivity index (χ0v) is 17.3. The van der Waals surface area contributed by atoms with E-state index < -0.39 is 0 Å². The zero-order chi connectivity index (χ0) is 20.7. The average Bonchev–Trinajstić information content (AvgIpc) is 3.31. The van der Waals surface area contributed by atoms with Gasteiger partial charge in [-0.15, -0.1) is 0 Å². The Kier molecular flexibility index (Phi) is 5.11. The van der Waals surface area contributed by atoms with Crippen LogP contribution in [0.5, 0.6) is 11.5 Å². The number of rotatable bonds is 5. The van der Waals surface area contributed by atoms with Crippen LogP contribution in [0.3, 0.4) is 0 Å². The summed E-state index contributed by atoms with van der Waals surface area (Å²) in [5.41, 5.74) is 2.95. The molecule has 158 valence electrons. The van der Waals surface area contributed by atoms with Crippen molar-refractivity contribution < 1.29 is 18.7 Å². The van der Waals surface area contributed by atoms with E-state index in [9.17, 15) is 9.18 Å². The van der Waals surface area contributed by atoms with Crippen molar-refractivity contribution in [2.75, 3.05) is 26.4 Å². The molecule has 0 saturated carbocycles. The molecule has 1 unspecified atom stereocenters. The number of carbonyl (C=O) groups is 1. The number of ether oxygens (including phenoxy) is 2. The van der Waals surface area contributed by atoms with E-state index in [1.165, 1.54) is 12.1 Å². The fourth-order valence-electron chi connectivity index (χ4n) is 4.89. The first kappa shape index (κ1) is 19.4. The molecule has 0 spiro atoms. The summed E-state index contributed by atoms with van der Waals surface area (Å²) < 4.78 is 24.0. The third-order valence-corrected chi connectivity index (χ3v) is 6.76. The van der Waals surface area contributed by atoms with E-state index in [4.69, 9.17) is 9.47 Å². The van der Waals surface area contributed by atoms with Crippen LogP contribution >= 0.6 is 0 Å². The number of halogens is 1. The summed E-state index contributed by atoms with van der Waals surface area (Å²) in [4.78, 5) is 17.4. The number of amides is 1. The number of nitrogens with zero attached hydrogens (tertiary/aromatic N) is 2. The Labute approximate surface area is 176 Å². The molecule has 30 heavy (non-hydrogen) atoms. The lowest BCUT2D eigenvalue weighted by Crippen LogP contribution is -2.35. The highest BCUT2D eigenvalue weighted by atomic mass is 19.1. The fourth-order valence-corrected chi connectivity index (χ4v) is 4.89.